The fraction of sp³-hybridized carbons (Fsp3) is 0.500. The zero-order valence-corrected chi connectivity index (χ0v) is 10.9. The van der Waals surface area contributed by atoms with Gasteiger partial charge in [0, 0.05) is 6.61 Å². The molecule has 2 heterocycles. The Bertz CT molecular complexity index is 447. The third-order valence-corrected chi connectivity index (χ3v) is 3.27. The van der Waals surface area contributed by atoms with Gasteiger partial charge in [0.2, 0.25) is 0 Å². The molecule has 2 atom stereocenters. The molecule has 1 saturated heterocycles. The summed E-state index contributed by atoms with van der Waals surface area (Å²) in [7, 11) is 0. The quantitative estimate of drug-likeness (QED) is 0.874. The lowest BCUT2D eigenvalue weighted by Gasteiger charge is -2.20. The van der Waals surface area contributed by atoms with Gasteiger partial charge in [-0.3, -0.25) is 4.79 Å². The van der Waals surface area contributed by atoms with Crippen LogP contribution >= 0.6 is 11.6 Å². The third kappa shape index (κ3) is 2.91. The molecule has 0 aromatic carbocycles. The number of carbonyl (C=O) groups excluding carboxylic acids is 1. The summed E-state index contributed by atoms with van der Waals surface area (Å²) in [5, 5.41) is 3.13. The Balaban J connectivity index is 2.04. The molecule has 1 aliphatic heterocycles. The van der Waals surface area contributed by atoms with Crippen LogP contribution < -0.4 is 11.1 Å². The predicted octanol–water partition coefficient (Wildman–Crippen LogP) is 1.61. The number of hydrogen-bond acceptors (Lipinski definition) is 4. The van der Waals surface area contributed by atoms with E-state index in [-0.39, 0.29) is 29.6 Å². The first-order valence-corrected chi connectivity index (χ1v) is 6.30. The number of carbonyl (C=O) groups is 1. The molecule has 5 nitrogen and oxygen atoms in total. The number of pyridine rings is 1. The average molecular weight is 270 g/mol. The van der Waals surface area contributed by atoms with Crippen LogP contribution in [0.15, 0.2) is 12.1 Å². The van der Waals surface area contributed by atoms with E-state index in [0.717, 1.165) is 19.4 Å². The van der Waals surface area contributed by atoms with Crippen LogP contribution in [-0.2, 0) is 4.74 Å². The molecule has 3 N–H and O–H groups in total. The smallest absolute Gasteiger partial charge is 0.271 e. The lowest BCUT2D eigenvalue weighted by Crippen LogP contribution is -2.41. The maximum atomic E-state index is 12.0. The van der Waals surface area contributed by atoms with Crippen molar-refractivity contribution in [1.29, 1.82) is 0 Å². The Morgan fingerprint density at radius 3 is 3.11 bits per heavy atom. The molecule has 0 aliphatic carbocycles. The molecular weight excluding hydrogens is 254 g/mol. The van der Waals surface area contributed by atoms with E-state index in [2.05, 4.69) is 10.3 Å². The minimum Gasteiger partial charge on any atom is -0.384 e. The van der Waals surface area contributed by atoms with Gasteiger partial charge in [-0.2, -0.15) is 0 Å². The van der Waals surface area contributed by atoms with Crippen LogP contribution in [-0.4, -0.2) is 29.6 Å². The first-order valence-electron chi connectivity index (χ1n) is 5.92. The molecular formula is C12H16ClN3O2. The van der Waals surface area contributed by atoms with Gasteiger partial charge < -0.3 is 15.8 Å². The Kier molecular flexibility index (Phi) is 4.04. The Hall–Kier alpha value is -1.33. The summed E-state index contributed by atoms with van der Waals surface area (Å²) >= 11 is 5.92. The summed E-state index contributed by atoms with van der Waals surface area (Å²) in [6.45, 7) is 2.66. The zero-order chi connectivity index (χ0) is 13.1. The topological polar surface area (TPSA) is 77.2 Å². The number of halogens is 1. The number of aromatic nitrogens is 1. The maximum absolute atomic E-state index is 12.0. The predicted molar refractivity (Wildman–Crippen MR) is 69.6 cm³/mol. The minimum absolute atomic E-state index is 0.0637. The van der Waals surface area contributed by atoms with Crippen molar-refractivity contribution in [3.05, 3.63) is 22.8 Å². The van der Waals surface area contributed by atoms with Gasteiger partial charge >= 0.3 is 0 Å². The van der Waals surface area contributed by atoms with Gasteiger partial charge in [0.15, 0.2) is 0 Å². The van der Waals surface area contributed by atoms with E-state index in [0.29, 0.717) is 5.02 Å². The molecule has 1 aliphatic rings. The van der Waals surface area contributed by atoms with Crippen molar-refractivity contribution >= 4 is 23.3 Å². The second-order valence-corrected chi connectivity index (χ2v) is 4.79. The zero-order valence-electron chi connectivity index (χ0n) is 10.1. The first kappa shape index (κ1) is 13.1. The number of anilines is 1. The molecule has 0 saturated carbocycles. The highest BCUT2D eigenvalue weighted by Crippen LogP contribution is 2.18. The summed E-state index contributed by atoms with van der Waals surface area (Å²) in [5.74, 6) is -0.0513. The standard InChI is InChI=1S/C12H16ClN3O2/c1-7(9-3-2-6-18-9)15-12(17)11-8(13)4-5-10(14)16-11/h4-5,7,9H,2-3,6H2,1H3,(H2,14,16)(H,15,17). The number of nitrogens with zero attached hydrogens (tertiary/aromatic N) is 1. The number of hydrogen-bond donors (Lipinski definition) is 2. The fourth-order valence-corrected chi connectivity index (χ4v) is 2.17. The molecule has 0 bridgehead atoms. The van der Waals surface area contributed by atoms with Crippen molar-refractivity contribution in [2.45, 2.75) is 31.9 Å². The molecule has 0 spiro atoms. The highest BCUT2D eigenvalue weighted by molar-refractivity contribution is 6.33. The SMILES string of the molecule is CC(NC(=O)c1nc(N)ccc1Cl)C1CCCO1. The van der Waals surface area contributed by atoms with Crippen LogP contribution in [0.25, 0.3) is 0 Å². The average Bonchev–Trinajstić information content (AvgIpc) is 2.85. The molecule has 1 amide bonds. The Morgan fingerprint density at radius 2 is 2.44 bits per heavy atom. The molecule has 18 heavy (non-hydrogen) atoms. The van der Waals surface area contributed by atoms with E-state index in [1.165, 1.54) is 0 Å². The van der Waals surface area contributed by atoms with Gasteiger partial charge in [0.1, 0.15) is 11.5 Å². The van der Waals surface area contributed by atoms with Crippen molar-refractivity contribution in [2.24, 2.45) is 0 Å². The Labute approximate surface area is 111 Å². The molecule has 6 heteroatoms. The molecule has 1 fully saturated rings. The number of rotatable bonds is 3. The highest BCUT2D eigenvalue weighted by atomic mass is 35.5. The van der Waals surface area contributed by atoms with Gasteiger partial charge in [-0.25, -0.2) is 4.98 Å². The van der Waals surface area contributed by atoms with E-state index < -0.39 is 0 Å². The number of amides is 1. The molecule has 1 aromatic heterocycles. The summed E-state index contributed by atoms with van der Waals surface area (Å²) in [6.07, 6.45) is 2.05. The molecule has 98 valence electrons. The minimum atomic E-state index is -0.324. The summed E-state index contributed by atoms with van der Waals surface area (Å²) in [5.41, 5.74) is 5.70. The van der Waals surface area contributed by atoms with Crippen molar-refractivity contribution in [1.82, 2.24) is 10.3 Å². The van der Waals surface area contributed by atoms with E-state index in [9.17, 15) is 4.79 Å². The van der Waals surface area contributed by atoms with Crippen LogP contribution in [0.2, 0.25) is 5.02 Å². The van der Waals surface area contributed by atoms with Crippen molar-refractivity contribution in [2.75, 3.05) is 12.3 Å². The maximum Gasteiger partial charge on any atom is 0.271 e. The van der Waals surface area contributed by atoms with Gasteiger partial charge in [0.05, 0.1) is 17.2 Å². The van der Waals surface area contributed by atoms with Gasteiger partial charge in [-0.05, 0) is 31.9 Å². The van der Waals surface area contributed by atoms with Crippen LogP contribution in [0.5, 0.6) is 0 Å². The van der Waals surface area contributed by atoms with E-state index in [1.54, 1.807) is 12.1 Å². The monoisotopic (exact) mass is 269 g/mol. The fourth-order valence-electron chi connectivity index (χ4n) is 1.98. The van der Waals surface area contributed by atoms with Gasteiger partial charge in [0.25, 0.3) is 5.91 Å². The van der Waals surface area contributed by atoms with E-state index >= 15 is 0 Å². The Morgan fingerprint density at radius 1 is 1.67 bits per heavy atom. The van der Waals surface area contributed by atoms with E-state index in [1.807, 2.05) is 6.92 Å². The first-order chi connectivity index (χ1) is 8.58. The van der Waals surface area contributed by atoms with Crippen molar-refractivity contribution in [3.63, 3.8) is 0 Å². The molecule has 2 unspecified atom stereocenters. The number of nitrogens with two attached hydrogens (primary N) is 1. The number of ether oxygens (including phenoxy) is 1. The second-order valence-electron chi connectivity index (χ2n) is 4.38. The van der Waals surface area contributed by atoms with Crippen LogP contribution in [0, 0.1) is 0 Å². The normalized spacial score (nSPS) is 20.7. The second kappa shape index (κ2) is 5.54. The van der Waals surface area contributed by atoms with E-state index in [4.69, 9.17) is 22.1 Å². The van der Waals surface area contributed by atoms with Crippen LogP contribution in [0.3, 0.4) is 0 Å². The van der Waals surface area contributed by atoms with Gasteiger partial charge in [-0.15, -0.1) is 0 Å². The van der Waals surface area contributed by atoms with Crippen molar-refractivity contribution in [3.8, 4) is 0 Å². The van der Waals surface area contributed by atoms with Crippen molar-refractivity contribution < 1.29 is 9.53 Å². The molecule has 2 rings (SSSR count). The third-order valence-electron chi connectivity index (χ3n) is 2.96. The van der Waals surface area contributed by atoms with Gasteiger partial charge in [-0.1, -0.05) is 11.6 Å². The highest BCUT2D eigenvalue weighted by Gasteiger charge is 2.25. The largest absolute Gasteiger partial charge is 0.384 e. The summed E-state index contributed by atoms with van der Waals surface area (Å²) in [6, 6.07) is 3.05. The number of nitrogens with one attached hydrogen (secondary N) is 1. The van der Waals surface area contributed by atoms with Crippen LogP contribution in [0.1, 0.15) is 30.3 Å². The summed E-state index contributed by atoms with van der Waals surface area (Å²) in [4.78, 5) is 16.0. The molecule has 0 radical (unpaired) electrons. The number of nitrogen functional groups attached to an aromatic ring is 1. The lowest BCUT2D eigenvalue weighted by atomic mass is 10.1. The molecule has 1 aromatic rings. The van der Waals surface area contributed by atoms with Crippen LogP contribution in [0.4, 0.5) is 5.82 Å². The lowest BCUT2D eigenvalue weighted by molar-refractivity contribution is 0.0709. The summed E-state index contributed by atoms with van der Waals surface area (Å²) < 4.78 is 5.51.